The van der Waals surface area contributed by atoms with Gasteiger partial charge in [-0.1, -0.05) is 22.0 Å². The van der Waals surface area contributed by atoms with E-state index in [0.717, 1.165) is 15.7 Å². The maximum atomic E-state index is 12.9. The number of halogens is 2. The van der Waals surface area contributed by atoms with Crippen LogP contribution in [-0.4, -0.2) is 4.98 Å². The van der Waals surface area contributed by atoms with Crippen LogP contribution in [0.2, 0.25) is 0 Å². The first-order valence-electron chi connectivity index (χ1n) is 4.74. The van der Waals surface area contributed by atoms with Crippen molar-refractivity contribution in [2.24, 2.45) is 5.73 Å². The SMILES string of the molecule is NC(Cc1ccc(F)cc1Br)c1cscn1. The van der Waals surface area contributed by atoms with Gasteiger partial charge in [0.2, 0.25) is 0 Å². The summed E-state index contributed by atoms with van der Waals surface area (Å²) in [4.78, 5) is 4.16. The summed E-state index contributed by atoms with van der Waals surface area (Å²) >= 11 is 4.85. The molecule has 0 radical (unpaired) electrons. The lowest BCUT2D eigenvalue weighted by molar-refractivity contribution is 0.624. The Morgan fingerprint density at radius 2 is 2.31 bits per heavy atom. The summed E-state index contributed by atoms with van der Waals surface area (Å²) in [7, 11) is 0. The van der Waals surface area contributed by atoms with Gasteiger partial charge < -0.3 is 5.73 Å². The molecule has 84 valence electrons. The summed E-state index contributed by atoms with van der Waals surface area (Å²) in [6.45, 7) is 0. The van der Waals surface area contributed by atoms with E-state index in [0.29, 0.717) is 6.42 Å². The van der Waals surface area contributed by atoms with E-state index < -0.39 is 0 Å². The van der Waals surface area contributed by atoms with Crippen LogP contribution < -0.4 is 5.73 Å². The second-order valence-corrected chi connectivity index (χ2v) is 5.03. The van der Waals surface area contributed by atoms with Crippen molar-refractivity contribution in [1.29, 1.82) is 0 Å². The second-order valence-electron chi connectivity index (χ2n) is 3.46. The Hall–Kier alpha value is -0.780. The van der Waals surface area contributed by atoms with Gasteiger partial charge >= 0.3 is 0 Å². The molecular weight excluding hydrogens is 291 g/mol. The molecule has 1 unspecified atom stereocenters. The molecule has 0 fully saturated rings. The fraction of sp³-hybridized carbons (Fsp3) is 0.182. The Balaban J connectivity index is 2.15. The van der Waals surface area contributed by atoms with Crippen molar-refractivity contribution in [3.63, 3.8) is 0 Å². The highest BCUT2D eigenvalue weighted by atomic mass is 79.9. The first-order chi connectivity index (χ1) is 7.66. The van der Waals surface area contributed by atoms with Crippen LogP contribution in [0.15, 0.2) is 33.6 Å². The maximum Gasteiger partial charge on any atom is 0.124 e. The van der Waals surface area contributed by atoms with E-state index in [1.54, 1.807) is 11.6 Å². The van der Waals surface area contributed by atoms with Gasteiger partial charge in [-0.2, -0.15) is 0 Å². The molecular formula is C11H10BrFN2S. The van der Waals surface area contributed by atoms with Crippen LogP contribution >= 0.6 is 27.3 Å². The molecule has 16 heavy (non-hydrogen) atoms. The molecule has 0 aliphatic heterocycles. The molecule has 2 aromatic rings. The largest absolute Gasteiger partial charge is 0.322 e. The number of rotatable bonds is 3. The van der Waals surface area contributed by atoms with Crippen LogP contribution in [-0.2, 0) is 6.42 Å². The molecule has 0 spiro atoms. The van der Waals surface area contributed by atoms with Crippen LogP contribution in [0.4, 0.5) is 4.39 Å². The quantitative estimate of drug-likeness (QED) is 0.945. The molecule has 2 rings (SSSR count). The molecule has 0 saturated heterocycles. The van der Waals surface area contributed by atoms with E-state index in [1.807, 2.05) is 5.38 Å². The number of hydrogen-bond donors (Lipinski definition) is 1. The Morgan fingerprint density at radius 3 is 2.94 bits per heavy atom. The summed E-state index contributed by atoms with van der Waals surface area (Å²) < 4.78 is 13.6. The van der Waals surface area contributed by atoms with Crippen LogP contribution in [0.25, 0.3) is 0 Å². The van der Waals surface area contributed by atoms with Crippen molar-refractivity contribution in [2.75, 3.05) is 0 Å². The number of nitrogens with zero attached hydrogens (tertiary/aromatic N) is 1. The first kappa shape index (κ1) is 11.7. The number of thiazole rings is 1. The van der Waals surface area contributed by atoms with Crippen molar-refractivity contribution in [3.8, 4) is 0 Å². The predicted molar refractivity (Wildman–Crippen MR) is 66.8 cm³/mol. The molecule has 1 aromatic heterocycles. The zero-order valence-electron chi connectivity index (χ0n) is 8.36. The Labute approximate surface area is 105 Å². The number of aromatic nitrogens is 1. The number of benzene rings is 1. The van der Waals surface area contributed by atoms with Gasteiger partial charge in [-0.3, -0.25) is 0 Å². The third-order valence-corrected chi connectivity index (χ3v) is 3.63. The van der Waals surface area contributed by atoms with E-state index in [4.69, 9.17) is 5.73 Å². The van der Waals surface area contributed by atoms with Gasteiger partial charge in [0.1, 0.15) is 5.82 Å². The van der Waals surface area contributed by atoms with Crippen molar-refractivity contribution < 1.29 is 4.39 Å². The van der Waals surface area contributed by atoms with Crippen molar-refractivity contribution >= 4 is 27.3 Å². The lowest BCUT2D eigenvalue weighted by Gasteiger charge is -2.10. The highest BCUT2D eigenvalue weighted by Gasteiger charge is 2.11. The van der Waals surface area contributed by atoms with E-state index in [1.165, 1.54) is 23.5 Å². The highest BCUT2D eigenvalue weighted by molar-refractivity contribution is 9.10. The fourth-order valence-corrected chi connectivity index (χ4v) is 2.56. The zero-order valence-corrected chi connectivity index (χ0v) is 10.8. The number of nitrogens with two attached hydrogens (primary N) is 1. The van der Waals surface area contributed by atoms with E-state index in [-0.39, 0.29) is 11.9 Å². The van der Waals surface area contributed by atoms with Gasteiger partial charge in [0.25, 0.3) is 0 Å². The van der Waals surface area contributed by atoms with Gasteiger partial charge in [0.05, 0.1) is 17.2 Å². The van der Waals surface area contributed by atoms with Gasteiger partial charge in [0, 0.05) is 9.85 Å². The minimum atomic E-state index is -0.252. The fourth-order valence-electron chi connectivity index (χ4n) is 1.43. The van der Waals surface area contributed by atoms with Gasteiger partial charge in [-0.25, -0.2) is 9.37 Å². The summed E-state index contributed by atoms with van der Waals surface area (Å²) in [6.07, 6.45) is 0.643. The Bertz CT molecular complexity index is 473. The summed E-state index contributed by atoms with van der Waals surface area (Å²) in [5, 5.41) is 1.93. The molecule has 0 saturated carbocycles. The maximum absolute atomic E-state index is 12.9. The van der Waals surface area contributed by atoms with E-state index >= 15 is 0 Å². The molecule has 2 N–H and O–H groups in total. The molecule has 1 heterocycles. The van der Waals surface area contributed by atoms with Gasteiger partial charge in [-0.05, 0) is 24.1 Å². The zero-order chi connectivity index (χ0) is 11.5. The minimum absolute atomic E-state index is 0.145. The average molecular weight is 301 g/mol. The normalized spacial score (nSPS) is 12.7. The molecule has 0 aliphatic carbocycles. The summed E-state index contributed by atoms with van der Waals surface area (Å²) in [6, 6.07) is 4.48. The highest BCUT2D eigenvalue weighted by Crippen LogP contribution is 2.23. The molecule has 1 atom stereocenters. The van der Waals surface area contributed by atoms with Crippen molar-refractivity contribution in [2.45, 2.75) is 12.5 Å². The van der Waals surface area contributed by atoms with Crippen LogP contribution in [0.3, 0.4) is 0 Å². The third kappa shape index (κ3) is 2.66. The lowest BCUT2D eigenvalue weighted by atomic mass is 10.0. The van der Waals surface area contributed by atoms with Crippen LogP contribution in [0.1, 0.15) is 17.3 Å². The molecule has 5 heteroatoms. The minimum Gasteiger partial charge on any atom is -0.322 e. The molecule has 0 amide bonds. The van der Waals surface area contributed by atoms with E-state index in [9.17, 15) is 4.39 Å². The number of hydrogen-bond acceptors (Lipinski definition) is 3. The monoisotopic (exact) mass is 300 g/mol. The second kappa shape index (κ2) is 5.03. The van der Waals surface area contributed by atoms with Crippen molar-refractivity contribution in [1.82, 2.24) is 4.98 Å². The summed E-state index contributed by atoms with van der Waals surface area (Å²) in [5.74, 6) is -0.252. The Morgan fingerprint density at radius 1 is 1.50 bits per heavy atom. The summed E-state index contributed by atoms with van der Waals surface area (Å²) in [5.41, 5.74) is 9.63. The first-order valence-corrected chi connectivity index (χ1v) is 6.48. The standard InChI is InChI=1S/C11H10BrFN2S/c12-9-4-8(13)2-1-7(9)3-10(14)11-5-16-6-15-11/h1-2,4-6,10H,3,14H2. The average Bonchev–Trinajstić information content (AvgIpc) is 2.75. The lowest BCUT2D eigenvalue weighted by Crippen LogP contribution is -2.13. The smallest absolute Gasteiger partial charge is 0.124 e. The molecule has 0 bridgehead atoms. The van der Waals surface area contributed by atoms with Gasteiger partial charge in [0.15, 0.2) is 0 Å². The van der Waals surface area contributed by atoms with Crippen LogP contribution in [0, 0.1) is 5.82 Å². The third-order valence-electron chi connectivity index (χ3n) is 2.29. The molecule has 1 aromatic carbocycles. The van der Waals surface area contributed by atoms with Crippen molar-refractivity contribution in [3.05, 3.63) is 50.6 Å². The molecule has 0 aliphatic rings. The molecule has 2 nitrogen and oxygen atoms in total. The Kier molecular flexibility index (Phi) is 3.68. The van der Waals surface area contributed by atoms with Gasteiger partial charge in [-0.15, -0.1) is 11.3 Å². The van der Waals surface area contributed by atoms with E-state index in [2.05, 4.69) is 20.9 Å². The van der Waals surface area contributed by atoms with Crippen LogP contribution in [0.5, 0.6) is 0 Å². The predicted octanol–water partition coefficient (Wildman–Crippen LogP) is 3.29. The topological polar surface area (TPSA) is 38.9 Å².